The monoisotopic (exact) mass is 394 g/mol. The number of anilines is 1. The topological polar surface area (TPSA) is 127 Å². The molecule has 148 valence electrons. The molecule has 0 atom stereocenters. The van der Waals surface area contributed by atoms with E-state index in [0.29, 0.717) is 24.0 Å². The summed E-state index contributed by atoms with van der Waals surface area (Å²) in [5, 5.41) is 22.0. The van der Waals surface area contributed by atoms with Gasteiger partial charge in [0, 0.05) is 23.4 Å². The molecular weight excluding hydrogens is 376 g/mol. The third kappa shape index (κ3) is 4.83. The molecule has 2 N–H and O–H groups in total. The van der Waals surface area contributed by atoms with Gasteiger partial charge in [-0.2, -0.15) is 0 Å². The minimum Gasteiger partial charge on any atom is -0.308 e. The maximum Gasteiger partial charge on any atom is 0.300 e. The Balaban J connectivity index is 1.73. The first kappa shape index (κ1) is 19.7. The molecule has 2 aromatic rings. The molecule has 1 fully saturated rings. The van der Waals surface area contributed by atoms with Gasteiger partial charge in [-0.1, -0.05) is 30.3 Å². The highest BCUT2D eigenvalue weighted by Crippen LogP contribution is 2.29. The summed E-state index contributed by atoms with van der Waals surface area (Å²) in [5.41, 5.74) is 6.77. The number of hydrogen-bond acceptors (Lipinski definition) is 7. The minimum atomic E-state index is -0.712. The van der Waals surface area contributed by atoms with Crippen molar-refractivity contribution < 1.29 is 14.6 Å². The van der Waals surface area contributed by atoms with Crippen LogP contribution < -0.4 is 10.9 Å². The van der Waals surface area contributed by atoms with Gasteiger partial charge in [-0.25, -0.2) is 0 Å². The second-order valence-electron chi connectivity index (χ2n) is 6.42. The van der Waals surface area contributed by atoms with E-state index in [2.05, 4.69) is 10.9 Å². The number of rotatable bonds is 6. The number of nitrogens with zero attached hydrogens (tertiary/aromatic N) is 2. The number of benzene rings is 2. The molecule has 0 unspecified atom stereocenters. The second-order valence-corrected chi connectivity index (χ2v) is 6.42. The lowest BCUT2D eigenvalue weighted by Gasteiger charge is -2.17. The van der Waals surface area contributed by atoms with Crippen LogP contribution in [-0.4, -0.2) is 15.6 Å². The van der Waals surface area contributed by atoms with Crippen LogP contribution >= 0.6 is 0 Å². The molecule has 0 amide bonds. The second kappa shape index (κ2) is 8.79. The number of allylic oxidation sites excluding steroid dienone is 2. The molecule has 9 nitrogen and oxygen atoms in total. The van der Waals surface area contributed by atoms with Crippen molar-refractivity contribution >= 4 is 28.9 Å². The normalized spacial score (nSPS) is 16.6. The lowest BCUT2D eigenvalue weighted by molar-refractivity contribution is -0.393. The van der Waals surface area contributed by atoms with Crippen molar-refractivity contribution in [2.75, 3.05) is 5.43 Å². The van der Waals surface area contributed by atoms with Crippen LogP contribution in [0.15, 0.2) is 65.9 Å². The molecular formula is C20H18N4O5. The average molecular weight is 394 g/mol. The average Bonchev–Trinajstić information content (AvgIpc) is 2.71. The molecule has 0 heterocycles. The first-order valence-corrected chi connectivity index (χ1v) is 8.89. The quantitative estimate of drug-likeness (QED) is 0.428. The maximum absolute atomic E-state index is 12.7. The predicted octanol–water partition coefficient (Wildman–Crippen LogP) is 4.14. The van der Waals surface area contributed by atoms with Crippen molar-refractivity contribution in [2.45, 2.75) is 19.3 Å². The number of Topliss-reactive ketones (excluding diaryl/α,β-unsaturated/α-hetero) is 1. The number of nitro groups is 2. The summed E-state index contributed by atoms with van der Waals surface area (Å²) in [6, 6.07) is 12.8. The van der Waals surface area contributed by atoms with E-state index in [1.807, 2.05) is 36.4 Å². The molecule has 3 rings (SSSR count). The number of carbonyl (C=O) groups is 1. The molecule has 29 heavy (non-hydrogen) atoms. The van der Waals surface area contributed by atoms with Crippen molar-refractivity contribution in [3.63, 3.8) is 0 Å². The van der Waals surface area contributed by atoms with Gasteiger partial charge < -0.3 is 5.43 Å². The van der Waals surface area contributed by atoms with Gasteiger partial charge in [0.1, 0.15) is 5.69 Å². The number of ketones is 1. The molecule has 9 heteroatoms. The van der Waals surface area contributed by atoms with E-state index in [1.54, 1.807) is 0 Å². The van der Waals surface area contributed by atoms with Crippen molar-refractivity contribution in [3.8, 4) is 0 Å². The predicted molar refractivity (Wildman–Crippen MR) is 108 cm³/mol. The van der Waals surface area contributed by atoms with Crippen molar-refractivity contribution in [2.24, 2.45) is 0 Å². The lowest BCUT2D eigenvalue weighted by Crippen LogP contribution is -2.20. The first-order chi connectivity index (χ1) is 14.0. The van der Waals surface area contributed by atoms with Gasteiger partial charge in [-0.05, 0) is 37.0 Å². The van der Waals surface area contributed by atoms with Crippen molar-refractivity contribution in [1.82, 2.24) is 5.43 Å². The standard InChI is InChI=1S/C20H18N4O5/c25-20-15(11-14-5-2-1-3-6-14)7-4-8-16(20)13-21-22-18-10-9-17(23(26)27)12-19(18)24(28)29/h1-3,5-6,9-13,21-22H,4,7-8H2. The smallest absolute Gasteiger partial charge is 0.300 e. The molecule has 0 spiro atoms. The van der Waals surface area contributed by atoms with Gasteiger partial charge in [-0.3, -0.25) is 30.4 Å². The Morgan fingerprint density at radius 1 is 0.931 bits per heavy atom. The van der Waals surface area contributed by atoms with Crippen LogP contribution in [-0.2, 0) is 4.79 Å². The van der Waals surface area contributed by atoms with E-state index >= 15 is 0 Å². The number of nitro benzene ring substituents is 2. The zero-order chi connectivity index (χ0) is 20.8. The largest absolute Gasteiger partial charge is 0.308 e. The van der Waals surface area contributed by atoms with Crippen LogP contribution in [0.1, 0.15) is 24.8 Å². The zero-order valence-electron chi connectivity index (χ0n) is 15.3. The summed E-state index contributed by atoms with van der Waals surface area (Å²) in [6.07, 6.45) is 5.43. The number of carbonyl (C=O) groups excluding carboxylic acids is 1. The van der Waals surface area contributed by atoms with E-state index in [4.69, 9.17) is 0 Å². The number of non-ortho nitro benzene ring substituents is 1. The van der Waals surface area contributed by atoms with Gasteiger partial charge in [-0.15, -0.1) is 0 Å². The Labute approximate surface area is 166 Å². The Morgan fingerprint density at radius 2 is 1.66 bits per heavy atom. The molecule has 2 aromatic carbocycles. The van der Waals surface area contributed by atoms with Crippen LogP contribution in [0.4, 0.5) is 17.1 Å². The SMILES string of the molecule is O=C1C(=CNNc2ccc([N+](=O)[O-])cc2[N+](=O)[O-])CCCC1=Cc1ccccc1. The van der Waals surface area contributed by atoms with Gasteiger partial charge in [0.2, 0.25) is 0 Å². The summed E-state index contributed by atoms with van der Waals surface area (Å²) in [5.74, 6) is -0.0763. The molecule has 0 saturated heterocycles. The third-order valence-electron chi connectivity index (χ3n) is 4.46. The van der Waals surface area contributed by atoms with Crippen LogP contribution in [0, 0.1) is 20.2 Å². The highest BCUT2D eigenvalue weighted by molar-refractivity contribution is 6.11. The Hall–Kier alpha value is -4.01. The van der Waals surface area contributed by atoms with Gasteiger partial charge in [0.15, 0.2) is 5.78 Å². The zero-order valence-corrected chi connectivity index (χ0v) is 15.3. The van der Waals surface area contributed by atoms with E-state index in [9.17, 15) is 25.0 Å². The van der Waals surface area contributed by atoms with E-state index in [-0.39, 0.29) is 17.2 Å². The summed E-state index contributed by atoms with van der Waals surface area (Å²) in [7, 11) is 0. The molecule has 0 bridgehead atoms. The summed E-state index contributed by atoms with van der Waals surface area (Å²) < 4.78 is 0. The third-order valence-corrected chi connectivity index (χ3v) is 4.46. The molecule has 0 aromatic heterocycles. The lowest BCUT2D eigenvalue weighted by atomic mass is 9.88. The molecule has 0 aliphatic heterocycles. The fourth-order valence-electron chi connectivity index (χ4n) is 3.02. The van der Waals surface area contributed by atoms with E-state index < -0.39 is 15.5 Å². The van der Waals surface area contributed by atoms with Crippen molar-refractivity contribution in [1.29, 1.82) is 0 Å². The Bertz CT molecular complexity index is 1010. The van der Waals surface area contributed by atoms with Gasteiger partial charge in [0.25, 0.3) is 5.69 Å². The summed E-state index contributed by atoms with van der Waals surface area (Å²) in [6.45, 7) is 0. The van der Waals surface area contributed by atoms with Crippen LogP contribution in [0.2, 0.25) is 0 Å². The van der Waals surface area contributed by atoms with Crippen LogP contribution in [0.3, 0.4) is 0 Å². The summed E-state index contributed by atoms with van der Waals surface area (Å²) in [4.78, 5) is 33.2. The molecule has 1 aliphatic rings. The van der Waals surface area contributed by atoms with Crippen LogP contribution in [0.5, 0.6) is 0 Å². The summed E-state index contributed by atoms with van der Waals surface area (Å²) >= 11 is 0. The number of hydrogen-bond donors (Lipinski definition) is 2. The number of hydrazine groups is 1. The van der Waals surface area contributed by atoms with Gasteiger partial charge in [0.05, 0.1) is 15.9 Å². The minimum absolute atomic E-state index is 0.0563. The van der Waals surface area contributed by atoms with Crippen LogP contribution in [0.25, 0.3) is 6.08 Å². The molecule has 0 radical (unpaired) electrons. The Kier molecular flexibility index (Phi) is 5.98. The molecule has 1 saturated carbocycles. The highest BCUT2D eigenvalue weighted by atomic mass is 16.6. The Morgan fingerprint density at radius 3 is 2.34 bits per heavy atom. The highest BCUT2D eigenvalue weighted by Gasteiger charge is 2.21. The number of nitrogens with one attached hydrogen (secondary N) is 2. The fourth-order valence-corrected chi connectivity index (χ4v) is 3.02. The van der Waals surface area contributed by atoms with Crippen molar-refractivity contribution in [3.05, 3.63) is 91.7 Å². The van der Waals surface area contributed by atoms with E-state index in [1.165, 1.54) is 12.3 Å². The fraction of sp³-hybridized carbons (Fsp3) is 0.150. The molecule has 1 aliphatic carbocycles. The van der Waals surface area contributed by atoms with Gasteiger partial charge >= 0.3 is 5.69 Å². The first-order valence-electron chi connectivity index (χ1n) is 8.89. The maximum atomic E-state index is 12.7. The van der Waals surface area contributed by atoms with E-state index in [0.717, 1.165) is 24.1 Å².